The number of rotatable bonds is 18. The average molecular weight is 563 g/mol. The zero-order valence-electron chi connectivity index (χ0n) is 23.0. The van der Waals surface area contributed by atoms with Crippen molar-refractivity contribution in [2.24, 2.45) is 33.8 Å². The first-order chi connectivity index (χ1) is 18.8. The number of nitrogens with one attached hydrogen (secondary N) is 3. The minimum absolute atomic E-state index is 0.00148. The number of hydrogen-bond acceptors (Lipinski definition) is 7. The van der Waals surface area contributed by atoms with Gasteiger partial charge in [-0.05, 0) is 30.7 Å². The lowest BCUT2D eigenvalue weighted by atomic mass is 9.96. The van der Waals surface area contributed by atoms with E-state index in [2.05, 4.69) is 20.9 Å². The molecule has 0 aliphatic heterocycles. The first kappa shape index (κ1) is 33.8. The van der Waals surface area contributed by atoms with Crippen LogP contribution in [0.25, 0.3) is 0 Å². The van der Waals surface area contributed by atoms with Gasteiger partial charge < -0.3 is 44.0 Å². The van der Waals surface area contributed by atoms with Gasteiger partial charge >= 0.3 is 5.97 Å². The summed E-state index contributed by atoms with van der Waals surface area (Å²) in [6, 6.07) is 4.40. The van der Waals surface area contributed by atoms with Gasteiger partial charge in [-0.25, -0.2) is 4.79 Å². The number of primary amides is 1. The van der Waals surface area contributed by atoms with E-state index in [9.17, 15) is 29.1 Å². The van der Waals surface area contributed by atoms with Crippen molar-refractivity contribution in [2.45, 2.75) is 76.5 Å². The van der Waals surface area contributed by atoms with Crippen LogP contribution in [0, 0.1) is 5.92 Å². The van der Waals surface area contributed by atoms with Crippen molar-refractivity contribution < 1.29 is 29.1 Å². The van der Waals surface area contributed by atoms with E-state index in [1.165, 1.54) is 0 Å². The summed E-state index contributed by atoms with van der Waals surface area (Å²) >= 11 is 0. The summed E-state index contributed by atoms with van der Waals surface area (Å²) in [5, 5.41) is 17.4. The fourth-order valence-corrected chi connectivity index (χ4v) is 3.74. The summed E-state index contributed by atoms with van der Waals surface area (Å²) in [4.78, 5) is 66.0. The van der Waals surface area contributed by atoms with Crippen LogP contribution in [0.5, 0.6) is 0 Å². The molecule has 0 aliphatic rings. The summed E-state index contributed by atoms with van der Waals surface area (Å²) in [5.74, 6) is -4.34. The van der Waals surface area contributed by atoms with Gasteiger partial charge in [0.15, 0.2) is 5.96 Å². The highest BCUT2D eigenvalue weighted by molar-refractivity contribution is 5.94. The quantitative estimate of drug-likeness (QED) is 0.0585. The molecular weight excluding hydrogens is 520 g/mol. The Morgan fingerprint density at radius 1 is 0.900 bits per heavy atom. The van der Waals surface area contributed by atoms with E-state index >= 15 is 0 Å². The second-order valence-electron chi connectivity index (χ2n) is 9.58. The molecule has 1 aromatic carbocycles. The smallest absolute Gasteiger partial charge is 0.326 e. The molecule has 5 unspecified atom stereocenters. The molecule has 0 spiro atoms. The van der Waals surface area contributed by atoms with Crippen molar-refractivity contribution in [1.29, 1.82) is 0 Å². The van der Waals surface area contributed by atoms with Gasteiger partial charge in [0.05, 0.1) is 6.04 Å². The summed E-state index contributed by atoms with van der Waals surface area (Å²) in [7, 11) is 0. The fourth-order valence-electron chi connectivity index (χ4n) is 3.74. The third-order valence-corrected chi connectivity index (χ3v) is 6.31. The molecule has 0 saturated carbocycles. The molecule has 0 saturated heterocycles. The van der Waals surface area contributed by atoms with E-state index in [1.807, 2.05) is 6.92 Å². The van der Waals surface area contributed by atoms with Crippen LogP contribution < -0.4 is 38.9 Å². The molecule has 4 amide bonds. The molecule has 12 N–H and O–H groups in total. The lowest BCUT2D eigenvalue weighted by Gasteiger charge is -2.28. The Hall–Kier alpha value is -4.20. The van der Waals surface area contributed by atoms with Crippen LogP contribution in [0.3, 0.4) is 0 Å². The van der Waals surface area contributed by atoms with Crippen LogP contribution >= 0.6 is 0 Å². The zero-order chi connectivity index (χ0) is 30.2. The maximum Gasteiger partial charge on any atom is 0.326 e. The minimum atomic E-state index is -1.24. The third-order valence-electron chi connectivity index (χ3n) is 6.31. The molecule has 222 valence electrons. The van der Waals surface area contributed by atoms with Crippen molar-refractivity contribution >= 4 is 35.6 Å². The molecule has 1 aromatic rings. The van der Waals surface area contributed by atoms with E-state index in [1.54, 1.807) is 37.3 Å². The molecule has 0 bridgehead atoms. The van der Waals surface area contributed by atoms with Crippen LogP contribution in [0.15, 0.2) is 35.3 Å². The van der Waals surface area contributed by atoms with E-state index in [0.29, 0.717) is 12.8 Å². The van der Waals surface area contributed by atoms with Gasteiger partial charge in [0.25, 0.3) is 0 Å². The first-order valence-electron chi connectivity index (χ1n) is 13.1. The molecule has 14 nitrogen and oxygen atoms in total. The summed E-state index contributed by atoms with van der Waals surface area (Å²) in [5.41, 5.74) is 22.3. The van der Waals surface area contributed by atoms with Crippen molar-refractivity contribution in [2.75, 3.05) is 6.54 Å². The number of aliphatic carboxylic acids is 1. The summed E-state index contributed by atoms with van der Waals surface area (Å²) < 4.78 is 0. The average Bonchev–Trinajstić information content (AvgIpc) is 2.90. The number of nitrogens with zero attached hydrogens (tertiary/aromatic N) is 1. The number of aliphatic imine (C=N–C) groups is 1. The van der Waals surface area contributed by atoms with Gasteiger partial charge in [0.1, 0.15) is 18.1 Å². The fraction of sp³-hybridized carbons (Fsp3) is 0.538. The van der Waals surface area contributed by atoms with Crippen molar-refractivity contribution in [3.8, 4) is 0 Å². The second-order valence-corrected chi connectivity index (χ2v) is 9.58. The molecule has 0 heterocycles. The highest BCUT2D eigenvalue weighted by Crippen LogP contribution is 2.11. The van der Waals surface area contributed by atoms with Crippen molar-refractivity contribution in [3.05, 3.63) is 35.9 Å². The Bertz CT molecular complexity index is 1030. The Morgan fingerprint density at radius 2 is 1.52 bits per heavy atom. The lowest BCUT2D eigenvalue weighted by Crippen LogP contribution is -2.59. The Kier molecular flexibility index (Phi) is 14.7. The van der Waals surface area contributed by atoms with E-state index in [-0.39, 0.29) is 44.1 Å². The number of guanidine groups is 1. The number of hydrogen-bond donors (Lipinski definition) is 8. The number of benzene rings is 1. The van der Waals surface area contributed by atoms with Gasteiger partial charge in [-0.3, -0.25) is 24.2 Å². The molecule has 1 rings (SSSR count). The third kappa shape index (κ3) is 12.6. The number of carboxylic acids is 1. The molecule has 0 aliphatic carbocycles. The van der Waals surface area contributed by atoms with E-state index in [0.717, 1.165) is 5.56 Å². The van der Waals surface area contributed by atoms with Crippen LogP contribution in [0.2, 0.25) is 0 Å². The molecule has 0 fully saturated rings. The number of carbonyl (C=O) groups excluding carboxylic acids is 4. The summed E-state index contributed by atoms with van der Waals surface area (Å²) in [6.45, 7) is 3.75. The lowest BCUT2D eigenvalue weighted by molar-refractivity contribution is -0.143. The van der Waals surface area contributed by atoms with Crippen LogP contribution in [0.1, 0.15) is 51.5 Å². The largest absolute Gasteiger partial charge is 0.480 e. The van der Waals surface area contributed by atoms with Crippen LogP contribution in [-0.4, -0.2) is 71.4 Å². The molecule has 0 aromatic heterocycles. The molecule has 14 heteroatoms. The predicted octanol–water partition coefficient (Wildman–Crippen LogP) is -1.54. The van der Waals surface area contributed by atoms with Crippen molar-refractivity contribution in [3.63, 3.8) is 0 Å². The number of nitrogens with two attached hydrogens (primary N) is 4. The van der Waals surface area contributed by atoms with E-state index in [4.69, 9.17) is 22.9 Å². The van der Waals surface area contributed by atoms with Crippen LogP contribution in [-0.2, 0) is 30.4 Å². The van der Waals surface area contributed by atoms with Gasteiger partial charge in [0, 0.05) is 19.4 Å². The molecule has 5 atom stereocenters. The highest BCUT2D eigenvalue weighted by atomic mass is 16.4. The molecule has 0 radical (unpaired) electrons. The Morgan fingerprint density at radius 3 is 2.08 bits per heavy atom. The predicted molar refractivity (Wildman–Crippen MR) is 149 cm³/mol. The number of carboxylic acid groups (broad SMARTS) is 1. The maximum atomic E-state index is 13.4. The Balaban J connectivity index is 3.07. The minimum Gasteiger partial charge on any atom is -0.480 e. The normalized spacial score (nSPS) is 14.5. The van der Waals surface area contributed by atoms with Gasteiger partial charge in [0.2, 0.25) is 23.6 Å². The monoisotopic (exact) mass is 562 g/mol. The highest BCUT2D eigenvalue weighted by Gasteiger charge is 2.32. The topological polar surface area (TPSA) is 258 Å². The second kappa shape index (κ2) is 17.4. The standard InChI is InChI=1S/C26H42N8O6/c1-3-15(2)21(24(38)32-18(25(39)40)10-7-13-31-26(29)30)34-23(37)19(14-16-8-5-4-6-9-16)33-22(36)17(27)11-12-20(28)35/h4-6,8-9,15,17-19,21H,3,7,10-14,27H2,1-2H3,(H2,28,35)(H,32,38)(H,33,36)(H,34,37)(H,39,40)(H4,29,30,31). The van der Waals surface area contributed by atoms with Gasteiger partial charge in [-0.2, -0.15) is 0 Å². The zero-order valence-corrected chi connectivity index (χ0v) is 23.0. The van der Waals surface area contributed by atoms with E-state index < -0.39 is 53.8 Å². The number of amides is 4. The van der Waals surface area contributed by atoms with Gasteiger partial charge in [-0.1, -0.05) is 50.6 Å². The SMILES string of the molecule is CCC(C)C(NC(=O)C(Cc1ccccc1)NC(=O)C(N)CCC(N)=O)C(=O)NC(CCCN=C(N)N)C(=O)O. The summed E-state index contributed by atoms with van der Waals surface area (Å²) in [6.07, 6.45) is 0.855. The van der Waals surface area contributed by atoms with Crippen molar-refractivity contribution in [1.82, 2.24) is 16.0 Å². The number of carbonyl (C=O) groups is 5. The molecular formula is C26H42N8O6. The first-order valence-corrected chi connectivity index (χ1v) is 13.1. The maximum absolute atomic E-state index is 13.4. The molecule has 40 heavy (non-hydrogen) atoms. The Labute approximate surface area is 233 Å². The van der Waals surface area contributed by atoms with Crippen LogP contribution in [0.4, 0.5) is 0 Å². The van der Waals surface area contributed by atoms with Gasteiger partial charge in [-0.15, -0.1) is 0 Å².